The molecule has 2 saturated heterocycles. The van der Waals surface area contributed by atoms with E-state index in [2.05, 4.69) is 34.4 Å². The number of piperazine rings is 1. The minimum absolute atomic E-state index is 0.250. The predicted octanol–water partition coefficient (Wildman–Crippen LogP) is 0.580. The SMILES string of the molecule is CCNC(=NCCCCN1CCN(C)CC1)NC1CCN(C(=O)CC)C1. The molecule has 26 heavy (non-hydrogen) atoms. The molecule has 2 aliphatic heterocycles. The molecule has 2 fully saturated rings. The first-order valence-corrected chi connectivity index (χ1v) is 10.4. The topological polar surface area (TPSA) is 63.2 Å². The van der Waals surface area contributed by atoms with Crippen molar-refractivity contribution in [3.63, 3.8) is 0 Å². The van der Waals surface area contributed by atoms with Gasteiger partial charge in [-0.1, -0.05) is 6.92 Å². The van der Waals surface area contributed by atoms with Gasteiger partial charge in [0, 0.05) is 64.8 Å². The lowest BCUT2D eigenvalue weighted by atomic mass is 10.2. The van der Waals surface area contributed by atoms with Crippen molar-refractivity contribution in [3.8, 4) is 0 Å². The predicted molar refractivity (Wildman–Crippen MR) is 108 cm³/mol. The number of carbonyl (C=O) groups excluding carboxylic acids is 1. The van der Waals surface area contributed by atoms with Gasteiger partial charge in [-0.3, -0.25) is 9.79 Å². The van der Waals surface area contributed by atoms with Crippen LogP contribution in [0.2, 0.25) is 0 Å². The zero-order chi connectivity index (χ0) is 18.8. The summed E-state index contributed by atoms with van der Waals surface area (Å²) in [5.41, 5.74) is 0. The first kappa shape index (κ1) is 21.0. The number of nitrogens with one attached hydrogen (secondary N) is 2. The van der Waals surface area contributed by atoms with E-state index in [1.54, 1.807) is 0 Å². The molecule has 0 radical (unpaired) electrons. The van der Waals surface area contributed by atoms with E-state index in [0.717, 1.165) is 45.0 Å². The zero-order valence-corrected chi connectivity index (χ0v) is 17.0. The summed E-state index contributed by atoms with van der Waals surface area (Å²) in [5.74, 6) is 1.14. The number of unbranched alkanes of at least 4 members (excludes halogenated alkanes) is 1. The molecule has 2 N–H and O–H groups in total. The van der Waals surface area contributed by atoms with Crippen molar-refractivity contribution in [2.45, 2.75) is 45.6 Å². The summed E-state index contributed by atoms with van der Waals surface area (Å²) < 4.78 is 0. The molecule has 1 atom stereocenters. The maximum absolute atomic E-state index is 11.8. The van der Waals surface area contributed by atoms with Crippen molar-refractivity contribution in [1.29, 1.82) is 0 Å². The molecule has 1 amide bonds. The Morgan fingerprint density at radius 3 is 2.58 bits per heavy atom. The molecule has 0 saturated carbocycles. The van der Waals surface area contributed by atoms with Gasteiger partial charge in [-0.05, 0) is 39.8 Å². The summed E-state index contributed by atoms with van der Waals surface area (Å²) in [6.45, 7) is 13.3. The van der Waals surface area contributed by atoms with E-state index >= 15 is 0 Å². The molecule has 0 aromatic rings. The van der Waals surface area contributed by atoms with Crippen LogP contribution in [0.4, 0.5) is 0 Å². The summed E-state index contributed by atoms with van der Waals surface area (Å²) >= 11 is 0. The number of amides is 1. The summed E-state index contributed by atoms with van der Waals surface area (Å²) in [6, 6.07) is 0.314. The molecule has 7 nitrogen and oxygen atoms in total. The smallest absolute Gasteiger partial charge is 0.222 e. The Labute approximate surface area is 159 Å². The summed E-state index contributed by atoms with van der Waals surface area (Å²) in [7, 11) is 2.20. The molecule has 2 rings (SSSR count). The molecule has 0 aromatic carbocycles. The third-order valence-corrected chi connectivity index (χ3v) is 5.28. The van der Waals surface area contributed by atoms with Crippen molar-refractivity contribution < 1.29 is 4.79 Å². The van der Waals surface area contributed by atoms with E-state index in [-0.39, 0.29) is 5.91 Å². The number of likely N-dealkylation sites (N-methyl/N-ethyl adjacent to an activating group) is 1. The van der Waals surface area contributed by atoms with E-state index in [1.807, 2.05) is 11.8 Å². The Hall–Kier alpha value is -1.34. The number of likely N-dealkylation sites (tertiary alicyclic amines) is 1. The fraction of sp³-hybridized carbons (Fsp3) is 0.895. The highest BCUT2D eigenvalue weighted by molar-refractivity contribution is 5.80. The average molecular weight is 367 g/mol. The standard InChI is InChI=1S/C19H38N6O/c1-4-18(26)25-11-8-17(16-25)22-19(20-5-2)21-9-6-7-10-24-14-12-23(3)13-15-24/h17H,4-16H2,1-3H3,(H2,20,21,22). The van der Waals surface area contributed by atoms with Gasteiger partial charge in [-0.25, -0.2) is 0 Å². The Morgan fingerprint density at radius 2 is 1.88 bits per heavy atom. The first-order chi connectivity index (χ1) is 12.6. The fourth-order valence-electron chi connectivity index (χ4n) is 3.55. The first-order valence-electron chi connectivity index (χ1n) is 10.4. The molecule has 2 heterocycles. The van der Waals surface area contributed by atoms with E-state index in [1.165, 1.54) is 39.1 Å². The largest absolute Gasteiger partial charge is 0.357 e. The Morgan fingerprint density at radius 1 is 1.12 bits per heavy atom. The maximum Gasteiger partial charge on any atom is 0.222 e. The summed E-state index contributed by atoms with van der Waals surface area (Å²) in [4.78, 5) is 23.4. The van der Waals surface area contributed by atoms with Gasteiger partial charge in [-0.2, -0.15) is 0 Å². The average Bonchev–Trinajstić information content (AvgIpc) is 3.11. The van der Waals surface area contributed by atoms with Gasteiger partial charge >= 0.3 is 0 Å². The Balaban J connectivity index is 1.65. The van der Waals surface area contributed by atoms with Crippen LogP contribution in [-0.2, 0) is 4.79 Å². The third kappa shape index (κ3) is 7.11. The van der Waals surface area contributed by atoms with Crippen LogP contribution >= 0.6 is 0 Å². The molecule has 0 spiro atoms. The van der Waals surface area contributed by atoms with E-state index < -0.39 is 0 Å². The summed E-state index contributed by atoms with van der Waals surface area (Å²) in [5, 5.41) is 6.83. The fourth-order valence-corrected chi connectivity index (χ4v) is 3.55. The molecule has 0 aliphatic carbocycles. The van der Waals surface area contributed by atoms with Crippen molar-refractivity contribution in [2.75, 3.05) is 66.0 Å². The second-order valence-corrected chi connectivity index (χ2v) is 7.44. The number of hydrogen-bond acceptors (Lipinski definition) is 4. The van der Waals surface area contributed by atoms with E-state index in [4.69, 9.17) is 4.99 Å². The second kappa shape index (κ2) is 11.4. The van der Waals surface area contributed by atoms with Gasteiger partial charge in [0.1, 0.15) is 0 Å². The van der Waals surface area contributed by atoms with Crippen LogP contribution in [-0.4, -0.2) is 98.6 Å². The molecule has 7 heteroatoms. The lowest BCUT2D eigenvalue weighted by Gasteiger charge is -2.32. The van der Waals surface area contributed by atoms with Crippen LogP contribution in [0.25, 0.3) is 0 Å². The normalized spacial score (nSPS) is 22.7. The van der Waals surface area contributed by atoms with Gasteiger partial charge in [0.25, 0.3) is 0 Å². The third-order valence-electron chi connectivity index (χ3n) is 5.28. The van der Waals surface area contributed by atoms with E-state index in [0.29, 0.717) is 12.5 Å². The quantitative estimate of drug-likeness (QED) is 0.374. The molecule has 2 aliphatic rings. The van der Waals surface area contributed by atoms with Gasteiger partial charge in [0.2, 0.25) is 5.91 Å². The van der Waals surface area contributed by atoms with Crippen LogP contribution in [0.3, 0.4) is 0 Å². The van der Waals surface area contributed by atoms with Gasteiger partial charge in [0.15, 0.2) is 5.96 Å². The Kier molecular flexibility index (Phi) is 9.18. The number of aliphatic imine (C=N–C) groups is 1. The second-order valence-electron chi connectivity index (χ2n) is 7.44. The highest BCUT2D eigenvalue weighted by Crippen LogP contribution is 2.10. The van der Waals surface area contributed by atoms with Crippen LogP contribution in [0.15, 0.2) is 4.99 Å². The highest BCUT2D eigenvalue weighted by Gasteiger charge is 2.25. The summed E-state index contributed by atoms with van der Waals surface area (Å²) in [6.07, 6.45) is 3.91. The number of carbonyl (C=O) groups is 1. The molecular weight excluding hydrogens is 328 g/mol. The zero-order valence-electron chi connectivity index (χ0n) is 17.0. The van der Waals surface area contributed by atoms with Crippen LogP contribution < -0.4 is 10.6 Å². The van der Waals surface area contributed by atoms with Crippen molar-refractivity contribution in [1.82, 2.24) is 25.3 Å². The lowest BCUT2D eigenvalue weighted by molar-refractivity contribution is -0.129. The van der Waals surface area contributed by atoms with Gasteiger partial charge < -0.3 is 25.3 Å². The van der Waals surface area contributed by atoms with Gasteiger partial charge in [-0.15, -0.1) is 0 Å². The number of rotatable bonds is 8. The maximum atomic E-state index is 11.8. The monoisotopic (exact) mass is 366 g/mol. The van der Waals surface area contributed by atoms with Crippen molar-refractivity contribution in [3.05, 3.63) is 0 Å². The van der Waals surface area contributed by atoms with E-state index in [9.17, 15) is 4.79 Å². The highest BCUT2D eigenvalue weighted by atomic mass is 16.2. The molecule has 0 bridgehead atoms. The molecule has 1 unspecified atom stereocenters. The Bertz CT molecular complexity index is 447. The number of nitrogens with zero attached hydrogens (tertiary/aromatic N) is 4. The van der Waals surface area contributed by atoms with Crippen LogP contribution in [0.5, 0.6) is 0 Å². The van der Waals surface area contributed by atoms with Gasteiger partial charge in [0.05, 0.1) is 0 Å². The molecule has 150 valence electrons. The molecule has 0 aromatic heterocycles. The van der Waals surface area contributed by atoms with Crippen LogP contribution in [0, 0.1) is 0 Å². The number of hydrogen-bond donors (Lipinski definition) is 2. The minimum atomic E-state index is 0.250. The lowest BCUT2D eigenvalue weighted by Crippen LogP contribution is -2.45. The van der Waals surface area contributed by atoms with Crippen molar-refractivity contribution in [2.24, 2.45) is 4.99 Å². The molecular formula is C19H38N6O. The minimum Gasteiger partial charge on any atom is -0.357 e. The van der Waals surface area contributed by atoms with Crippen molar-refractivity contribution >= 4 is 11.9 Å². The van der Waals surface area contributed by atoms with Crippen LogP contribution in [0.1, 0.15) is 39.5 Å². The number of guanidine groups is 1.